The first-order valence-electron chi connectivity index (χ1n) is 7.83. The number of carbonyl (C=O) groups is 2. The molecule has 0 bridgehead atoms. The summed E-state index contributed by atoms with van der Waals surface area (Å²) in [6.07, 6.45) is 3.92. The largest absolute Gasteiger partial charge is 0.460 e. The Labute approximate surface area is 135 Å². The summed E-state index contributed by atoms with van der Waals surface area (Å²) in [6.45, 7) is 6.03. The first-order chi connectivity index (χ1) is 11.1. The average Bonchev–Trinajstić information content (AvgIpc) is 2.90. The summed E-state index contributed by atoms with van der Waals surface area (Å²) in [5, 5.41) is 6.29. The summed E-state index contributed by atoms with van der Waals surface area (Å²) in [5.74, 6) is 0.334. The molecule has 0 saturated heterocycles. The van der Waals surface area contributed by atoms with Crippen molar-refractivity contribution in [2.24, 2.45) is 0 Å². The molecule has 2 N–H and O–H groups in total. The van der Waals surface area contributed by atoms with Gasteiger partial charge in [0, 0.05) is 30.0 Å². The number of aryl methyl sites for hydroxylation is 1. The van der Waals surface area contributed by atoms with Crippen molar-refractivity contribution in [2.75, 3.05) is 6.54 Å². The number of hydrogen-bond donors (Lipinski definition) is 2. The molecule has 0 saturated carbocycles. The Morgan fingerprint density at radius 2 is 2.00 bits per heavy atom. The lowest BCUT2D eigenvalue weighted by molar-refractivity contribution is -0.126. The van der Waals surface area contributed by atoms with Crippen LogP contribution in [0, 0.1) is 0 Å². The number of rotatable bonds is 6. The predicted octanol–water partition coefficient (Wildman–Crippen LogP) is 2.65. The number of likely N-dealkylation sites (N-methyl/N-ethyl adjacent to an activating group) is 1. The van der Waals surface area contributed by atoms with Gasteiger partial charge in [-0.25, -0.2) is 0 Å². The number of furan rings is 1. The number of benzene rings is 1. The molecular formula is C18H22N2O3. The highest BCUT2D eigenvalue weighted by Crippen LogP contribution is 2.27. The van der Waals surface area contributed by atoms with Crippen LogP contribution in [0.1, 0.15) is 32.1 Å². The van der Waals surface area contributed by atoms with Gasteiger partial charge in [0.1, 0.15) is 17.4 Å². The standard InChI is InChI=1S/C18H22N2O3/c1-4-15-14(13-8-6-7-9-16(13)23-15)10-11-17(21)20-12(3)18(22)19-5-2/h6-12H,4-5H2,1-3H3,(H,19,22)(H,20,21)/b11-10+/t12-/m1/s1. The first kappa shape index (κ1) is 16.8. The second kappa shape index (κ2) is 7.63. The van der Waals surface area contributed by atoms with E-state index in [0.717, 1.165) is 28.7 Å². The van der Waals surface area contributed by atoms with Crippen LogP contribution in [0.25, 0.3) is 17.0 Å². The third kappa shape index (κ3) is 4.00. The fourth-order valence-electron chi connectivity index (χ4n) is 2.37. The van der Waals surface area contributed by atoms with Gasteiger partial charge in [-0.1, -0.05) is 25.1 Å². The molecule has 1 heterocycles. The van der Waals surface area contributed by atoms with Crippen molar-refractivity contribution >= 4 is 28.9 Å². The third-order valence-corrected chi connectivity index (χ3v) is 3.54. The molecule has 0 aliphatic rings. The highest BCUT2D eigenvalue weighted by Gasteiger charge is 2.14. The second-order valence-electron chi connectivity index (χ2n) is 5.25. The maximum atomic E-state index is 12.0. The van der Waals surface area contributed by atoms with E-state index in [0.29, 0.717) is 6.54 Å². The molecule has 2 rings (SSSR count). The van der Waals surface area contributed by atoms with Crippen LogP contribution in [-0.4, -0.2) is 24.4 Å². The van der Waals surface area contributed by atoms with Crippen molar-refractivity contribution in [3.8, 4) is 0 Å². The van der Waals surface area contributed by atoms with Crippen LogP contribution in [0.5, 0.6) is 0 Å². The SMILES string of the molecule is CCNC(=O)[C@@H](C)NC(=O)/C=C/c1c(CC)oc2ccccc12. The van der Waals surface area contributed by atoms with Crippen LogP contribution in [0.4, 0.5) is 0 Å². The van der Waals surface area contributed by atoms with Gasteiger partial charge >= 0.3 is 0 Å². The molecule has 1 aromatic carbocycles. The van der Waals surface area contributed by atoms with Crippen molar-refractivity contribution in [3.05, 3.63) is 41.7 Å². The highest BCUT2D eigenvalue weighted by molar-refractivity contribution is 5.98. The molecule has 0 aliphatic carbocycles. The van der Waals surface area contributed by atoms with Crippen LogP contribution < -0.4 is 10.6 Å². The Morgan fingerprint density at radius 3 is 2.70 bits per heavy atom. The van der Waals surface area contributed by atoms with Gasteiger partial charge in [-0.15, -0.1) is 0 Å². The molecule has 23 heavy (non-hydrogen) atoms. The van der Waals surface area contributed by atoms with E-state index in [9.17, 15) is 9.59 Å². The van der Waals surface area contributed by atoms with Crippen LogP contribution >= 0.6 is 0 Å². The highest BCUT2D eigenvalue weighted by atomic mass is 16.3. The van der Waals surface area contributed by atoms with Crippen molar-refractivity contribution in [1.82, 2.24) is 10.6 Å². The quantitative estimate of drug-likeness (QED) is 0.805. The zero-order chi connectivity index (χ0) is 16.8. The van der Waals surface area contributed by atoms with Gasteiger partial charge in [0.05, 0.1) is 0 Å². The van der Waals surface area contributed by atoms with Gasteiger partial charge in [-0.2, -0.15) is 0 Å². The summed E-state index contributed by atoms with van der Waals surface area (Å²) in [5.41, 5.74) is 1.71. The maximum Gasteiger partial charge on any atom is 0.244 e. The molecule has 5 heteroatoms. The van der Waals surface area contributed by atoms with E-state index in [-0.39, 0.29) is 11.8 Å². The molecule has 0 aliphatic heterocycles. The van der Waals surface area contributed by atoms with Gasteiger partial charge in [-0.3, -0.25) is 9.59 Å². The van der Waals surface area contributed by atoms with E-state index in [1.165, 1.54) is 6.08 Å². The van der Waals surface area contributed by atoms with Crippen LogP contribution in [0.2, 0.25) is 0 Å². The van der Waals surface area contributed by atoms with E-state index in [1.54, 1.807) is 13.0 Å². The number of nitrogens with one attached hydrogen (secondary N) is 2. The summed E-state index contributed by atoms with van der Waals surface area (Å²) in [6, 6.07) is 7.15. The van der Waals surface area contributed by atoms with Crippen LogP contribution in [-0.2, 0) is 16.0 Å². The van der Waals surface area contributed by atoms with E-state index in [4.69, 9.17) is 4.42 Å². The molecule has 2 amide bonds. The summed E-state index contributed by atoms with van der Waals surface area (Å²) in [7, 11) is 0. The maximum absolute atomic E-state index is 12.0. The van der Waals surface area contributed by atoms with Gasteiger partial charge in [0.2, 0.25) is 11.8 Å². The number of fused-ring (bicyclic) bond motifs is 1. The zero-order valence-electron chi connectivity index (χ0n) is 13.7. The van der Waals surface area contributed by atoms with Crippen LogP contribution in [0.15, 0.2) is 34.8 Å². The van der Waals surface area contributed by atoms with Gasteiger partial charge in [-0.05, 0) is 26.0 Å². The Balaban J connectivity index is 2.13. The molecular weight excluding hydrogens is 292 g/mol. The Morgan fingerprint density at radius 1 is 1.26 bits per heavy atom. The molecule has 0 unspecified atom stereocenters. The normalized spacial score (nSPS) is 12.5. The summed E-state index contributed by atoms with van der Waals surface area (Å²) < 4.78 is 5.78. The number of amides is 2. The van der Waals surface area contributed by atoms with Crippen molar-refractivity contribution < 1.29 is 14.0 Å². The molecule has 122 valence electrons. The zero-order valence-corrected chi connectivity index (χ0v) is 13.7. The van der Waals surface area contributed by atoms with E-state index < -0.39 is 6.04 Å². The van der Waals surface area contributed by atoms with E-state index in [2.05, 4.69) is 10.6 Å². The molecule has 0 fully saturated rings. The summed E-state index contributed by atoms with van der Waals surface area (Å²) >= 11 is 0. The molecule has 5 nitrogen and oxygen atoms in total. The Kier molecular flexibility index (Phi) is 5.57. The molecule has 1 aromatic heterocycles. The minimum Gasteiger partial charge on any atom is -0.460 e. The number of carbonyl (C=O) groups excluding carboxylic acids is 2. The Hall–Kier alpha value is -2.56. The second-order valence-corrected chi connectivity index (χ2v) is 5.25. The lowest BCUT2D eigenvalue weighted by Crippen LogP contribution is -2.44. The van der Waals surface area contributed by atoms with Crippen molar-refractivity contribution in [2.45, 2.75) is 33.2 Å². The lowest BCUT2D eigenvalue weighted by Gasteiger charge is -2.11. The fourth-order valence-corrected chi connectivity index (χ4v) is 2.37. The summed E-state index contributed by atoms with van der Waals surface area (Å²) in [4.78, 5) is 23.6. The van der Waals surface area contributed by atoms with Gasteiger partial charge in [0.15, 0.2) is 0 Å². The lowest BCUT2D eigenvalue weighted by atomic mass is 10.1. The Bertz CT molecular complexity index is 731. The number of para-hydroxylation sites is 1. The minimum atomic E-state index is -0.571. The van der Waals surface area contributed by atoms with Crippen molar-refractivity contribution in [3.63, 3.8) is 0 Å². The average molecular weight is 314 g/mol. The first-order valence-corrected chi connectivity index (χ1v) is 7.83. The topological polar surface area (TPSA) is 71.3 Å². The monoisotopic (exact) mass is 314 g/mol. The molecule has 0 spiro atoms. The predicted molar refractivity (Wildman–Crippen MR) is 90.9 cm³/mol. The van der Waals surface area contributed by atoms with E-state index >= 15 is 0 Å². The molecule has 0 radical (unpaired) electrons. The smallest absolute Gasteiger partial charge is 0.244 e. The van der Waals surface area contributed by atoms with Crippen LogP contribution in [0.3, 0.4) is 0 Å². The molecule has 2 aromatic rings. The minimum absolute atomic E-state index is 0.197. The van der Waals surface area contributed by atoms with E-state index in [1.807, 2.05) is 38.1 Å². The third-order valence-electron chi connectivity index (χ3n) is 3.54. The van der Waals surface area contributed by atoms with Gasteiger partial charge < -0.3 is 15.1 Å². The van der Waals surface area contributed by atoms with Gasteiger partial charge in [0.25, 0.3) is 0 Å². The fraction of sp³-hybridized carbons (Fsp3) is 0.333. The number of hydrogen-bond acceptors (Lipinski definition) is 3. The van der Waals surface area contributed by atoms with Crippen molar-refractivity contribution in [1.29, 1.82) is 0 Å². The molecule has 1 atom stereocenters.